The second-order valence-corrected chi connectivity index (χ2v) is 7.81. The Morgan fingerprint density at radius 1 is 1.17 bits per heavy atom. The van der Waals surface area contributed by atoms with Crippen molar-refractivity contribution in [1.82, 2.24) is 5.16 Å². The van der Waals surface area contributed by atoms with Crippen molar-refractivity contribution in [3.63, 3.8) is 0 Å². The molecule has 30 heavy (non-hydrogen) atoms. The van der Waals surface area contributed by atoms with E-state index in [-0.39, 0.29) is 11.8 Å². The number of aryl methyl sites for hydroxylation is 2. The molecule has 7 heteroatoms. The SMILES string of the molecule is Cc1cc(NC(=O)c2c(-c3ccccc3Cl)noc2C)ccc1N1CCCCC1=O. The van der Waals surface area contributed by atoms with Gasteiger partial charge in [-0.2, -0.15) is 0 Å². The van der Waals surface area contributed by atoms with Gasteiger partial charge in [-0.3, -0.25) is 9.59 Å². The van der Waals surface area contributed by atoms with Gasteiger partial charge in [-0.1, -0.05) is 35.0 Å². The number of amides is 2. The predicted molar refractivity (Wildman–Crippen MR) is 117 cm³/mol. The third-order valence-electron chi connectivity index (χ3n) is 5.29. The Hall–Kier alpha value is -3.12. The number of carbonyl (C=O) groups excluding carboxylic acids is 2. The highest BCUT2D eigenvalue weighted by Crippen LogP contribution is 2.32. The van der Waals surface area contributed by atoms with Crippen molar-refractivity contribution < 1.29 is 14.1 Å². The van der Waals surface area contributed by atoms with Crippen LogP contribution in [0, 0.1) is 13.8 Å². The first-order chi connectivity index (χ1) is 14.5. The lowest BCUT2D eigenvalue weighted by Crippen LogP contribution is -2.35. The minimum Gasteiger partial charge on any atom is -0.360 e. The van der Waals surface area contributed by atoms with Gasteiger partial charge in [0.2, 0.25) is 5.91 Å². The van der Waals surface area contributed by atoms with E-state index in [1.54, 1.807) is 25.1 Å². The Labute approximate surface area is 179 Å². The van der Waals surface area contributed by atoms with Crippen LogP contribution in [-0.4, -0.2) is 23.5 Å². The van der Waals surface area contributed by atoms with Gasteiger partial charge in [0.05, 0.1) is 5.02 Å². The fraction of sp³-hybridized carbons (Fsp3) is 0.261. The summed E-state index contributed by atoms with van der Waals surface area (Å²) >= 11 is 6.28. The van der Waals surface area contributed by atoms with Crippen molar-refractivity contribution in [3.05, 3.63) is 64.4 Å². The number of hydrogen-bond acceptors (Lipinski definition) is 4. The van der Waals surface area contributed by atoms with Crippen LogP contribution >= 0.6 is 11.6 Å². The first kappa shape index (κ1) is 20.2. The number of halogens is 1. The Balaban J connectivity index is 1.60. The number of anilines is 2. The maximum Gasteiger partial charge on any atom is 0.261 e. The van der Waals surface area contributed by atoms with Crippen molar-refractivity contribution in [2.45, 2.75) is 33.1 Å². The topological polar surface area (TPSA) is 75.4 Å². The van der Waals surface area contributed by atoms with Crippen LogP contribution in [0.5, 0.6) is 0 Å². The Morgan fingerprint density at radius 2 is 1.97 bits per heavy atom. The van der Waals surface area contributed by atoms with E-state index in [4.69, 9.17) is 16.1 Å². The number of nitrogens with one attached hydrogen (secondary N) is 1. The highest BCUT2D eigenvalue weighted by molar-refractivity contribution is 6.33. The molecule has 2 heterocycles. The summed E-state index contributed by atoms with van der Waals surface area (Å²) in [4.78, 5) is 27.1. The second kappa shape index (κ2) is 8.32. The molecule has 2 amide bonds. The van der Waals surface area contributed by atoms with Crippen molar-refractivity contribution in [2.75, 3.05) is 16.8 Å². The minimum atomic E-state index is -0.329. The van der Waals surface area contributed by atoms with Crippen molar-refractivity contribution >= 4 is 34.8 Å². The summed E-state index contributed by atoms with van der Waals surface area (Å²) in [6, 6.07) is 12.7. The van der Waals surface area contributed by atoms with E-state index in [1.165, 1.54) is 0 Å². The molecule has 0 atom stereocenters. The van der Waals surface area contributed by atoms with Crippen molar-refractivity contribution in [3.8, 4) is 11.3 Å². The van der Waals surface area contributed by atoms with Gasteiger partial charge in [0.25, 0.3) is 5.91 Å². The zero-order valence-electron chi connectivity index (χ0n) is 16.9. The lowest BCUT2D eigenvalue weighted by atomic mass is 10.0. The quantitative estimate of drug-likeness (QED) is 0.611. The first-order valence-corrected chi connectivity index (χ1v) is 10.3. The maximum absolute atomic E-state index is 13.0. The number of carbonyl (C=O) groups is 2. The number of hydrogen-bond donors (Lipinski definition) is 1. The van der Waals surface area contributed by atoms with Crippen LogP contribution < -0.4 is 10.2 Å². The summed E-state index contributed by atoms with van der Waals surface area (Å²) in [6.07, 6.45) is 2.52. The average Bonchev–Trinajstić information content (AvgIpc) is 3.10. The Bertz CT molecular complexity index is 1120. The van der Waals surface area contributed by atoms with Gasteiger partial charge in [-0.25, -0.2) is 0 Å². The van der Waals surface area contributed by atoms with Gasteiger partial charge in [0.1, 0.15) is 17.0 Å². The molecule has 1 aliphatic rings. The van der Waals surface area contributed by atoms with E-state index in [9.17, 15) is 9.59 Å². The monoisotopic (exact) mass is 423 g/mol. The molecule has 0 aliphatic carbocycles. The predicted octanol–water partition coefficient (Wildman–Crippen LogP) is 5.38. The standard InChI is InChI=1S/C23H22ClN3O3/c1-14-13-16(10-11-19(14)27-12-6-5-9-20(27)28)25-23(29)21-15(2)30-26-22(21)17-7-3-4-8-18(17)24/h3-4,7-8,10-11,13H,5-6,9,12H2,1-2H3,(H,25,29). The van der Waals surface area contributed by atoms with E-state index < -0.39 is 0 Å². The summed E-state index contributed by atoms with van der Waals surface area (Å²) in [6.45, 7) is 4.36. The number of aromatic nitrogens is 1. The second-order valence-electron chi connectivity index (χ2n) is 7.40. The van der Waals surface area contributed by atoms with Crippen molar-refractivity contribution in [2.24, 2.45) is 0 Å². The van der Waals surface area contributed by atoms with Crippen LogP contribution in [0.4, 0.5) is 11.4 Å². The summed E-state index contributed by atoms with van der Waals surface area (Å²) in [5, 5.41) is 7.45. The molecule has 2 aromatic carbocycles. The van der Waals surface area contributed by atoms with E-state index >= 15 is 0 Å². The number of piperidine rings is 1. The summed E-state index contributed by atoms with van der Waals surface area (Å²) in [7, 11) is 0. The normalized spacial score (nSPS) is 14.1. The molecule has 1 N–H and O–H groups in total. The highest BCUT2D eigenvalue weighted by atomic mass is 35.5. The molecular formula is C23H22ClN3O3. The lowest BCUT2D eigenvalue weighted by molar-refractivity contribution is -0.119. The van der Waals surface area contributed by atoms with Gasteiger partial charge in [0.15, 0.2) is 0 Å². The van der Waals surface area contributed by atoms with E-state index in [0.717, 1.165) is 30.6 Å². The molecule has 1 aliphatic heterocycles. The zero-order chi connectivity index (χ0) is 21.3. The third kappa shape index (κ3) is 3.83. The molecule has 0 radical (unpaired) electrons. The van der Waals surface area contributed by atoms with Crippen LogP contribution in [0.3, 0.4) is 0 Å². The lowest BCUT2D eigenvalue weighted by Gasteiger charge is -2.28. The van der Waals surface area contributed by atoms with Crippen LogP contribution in [-0.2, 0) is 4.79 Å². The summed E-state index contributed by atoms with van der Waals surface area (Å²) in [5.74, 6) is 0.227. The fourth-order valence-corrected chi connectivity index (χ4v) is 3.99. The van der Waals surface area contributed by atoms with E-state index in [2.05, 4.69) is 10.5 Å². The molecule has 154 valence electrons. The maximum atomic E-state index is 13.0. The number of rotatable bonds is 4. The van der Waals surface area contributed by atoms with E-state index in [1.807, 2.05) is 36.1 Å². The Morgan fingerprint density at radius 3 is 2.70 bits per heavy atom. The van der Waals surface area contributed by atoms with Crippen LogP contribution in [0.15, 0.2) is 47.0 Å². The first-order valence-electron chi connectivity index (χ1n) is 9.89. The van der Waals surface area contributed by atoms with Gasteiger partial charge >= 0.3 is 0 Å². The molecule has 1 fully saturated rings. The van der Waals surface area contributed by atoms with Crippen LogP contribution in [0.2, 0.25) is 5.02 Å². The van der Waals surface area contributed by atoms with Gasteiger partial charge in [-0.15, -0.1) is 0 Å². The molecule has 0 spiro atoms. The molecule has 0 saturated carbocycles. The zero-order valence-corrected chi connectivity index (χ0v) is 17.6. The van der Waals surface area contributed by atoms with Crippen LogP contribution in [0.1, 0.15) is 40.9 Å². The van der Waals surface area contributed by atoms with Gasteiger partial charge in [-0.05, 0) is 56.5 Å². The number of nitrogens with zero attached hydrogens (tertiary/aromatic N) is 2. The smallest absolute Gasteiger partial charge is 0.261 e. The number of benzene rings is 2. The molecule has 0 unspecified atom stereocenters. The van der Waals surface area contributed by atoms with Gasteiger partial charge in [0, 0.05) is 29.9 Å². The van der Waals surface area contributed by atoms with Crippen molar-refractivity contribution in [1.29, 1.82) is 0 Å². The largest absolute Gasteiger partial charge is 0.360 e. The molecule has 4 rings (SSSR count). The summed E-state index contributed by atoms with van der Waals surface area (Å²) in [5.41, 5.74) is 3.83. The minimum absolute atomic E-state index is 0.144. The molecule has 3 aromatic rings. The van der Waals surface area contributed by atoms with E-state index in [0.29, 0.717) is 39.7 Å². The van der Waals surface area contributed by atoms with Crippen LogP contribution in [0.25, 0.3) is 11.3 Å². The molecule has 1 saturated heterocycles. The fourth-order valence-electron chi connectivity index (χ4n) is 3.77. The Kier molecular flexibility index (Phi) is 5.59. The average molecular weight is 424 g/mol. The van der Waals surface area contributed by atoms with Gasteiger partial charge < -0.3 is 14.7 Å². The molecule has 0 bridgehead atoms. The highest BCUT2D eigenvalue weighted by Gasteiger charge is 2.24. The third-order valence-corrected chi connectivity index (χ3v) is 5.62. The molecule has 6 nitrogen and oxygen atoms in total. The molecular weight excluding hydrogens is 402 g/mol. The molecule has 1 aromatic heterocycles. The summed E-state index contributed by atoms with van der Waals surface area (Å²) < 4.78 is 5.28.